The maximum atomic E-state index is 13.2. The van der Waals surface area contributed by atoms with E-state index >= 15 is 0 Å². The number of rotatable bonds is 11. The van der Waals surface area contributed by atoms with Crippen LogP contribution >= 0.6 is 15.9 Å². The number of amides is 2. The lowest BCUT2D eigenvalue weighted by molar-refractivity contribution is -0.140. The number of halogens is 1. The van der Waals surface area contributed by atoms with Crippen LogP contribution in [0.3, 0.4) is 0 Å². The Kier molecular flexibility index (Phi) is 9.01. The Morgan fingerprint density at radius 1 is 1.11 bits per heavy atom. The standard InChI is InChI=1S/C24H30BrN3O6S/c1-4-26-24(30)17(2)27(15-18-7-9-19(25)10-8-18)23(29)6-5-13-28(35(3,31)32)20-11-12-21-22(14-20)34-16-33-21/h7-12,14,17H,4-6,13,15-16H2,1-3H3,(H,26,30)/t17-/m0/s1. The molecule has 2 amide bonds. The fourth-order valence-electron chi connectivity index (χ4n) is 3.74. The van der Waals surface area contributed by atoms with Gasteiger partial charge in [0.25, 0.3) is 0 Å². The summed E-state index contributed by atoms with van der Waals surface area (Å²) in [5.74, 6) is 0.561. The van der Waals surface area contributed by atoms with Crippen LogP contribution in [0.4, 0.5) is 5.69 Å². The summed E-state index contributed by atoms with van der Waals surface area (Å²) in [6.07, 6.45) is 1.48. The fraction of sp³-hybridized carbons (Fsp3) is 0.417. The number of carbonyl (C=O) groups excluding carboxylic acids is 2. The third-order valence-corrected chi connectivity index (χ3v) is 7.30. The van der Waals surface area contributed by atoms with Crippen molar-refractivity contribution in [3.05, 3.63) is 52.5 Å². The largest absolute Gasteiger partial charge is 0.454 e. The number of likely N-dealkylation sites (N-methyl/N-ethyl adjacent to an activating group) is 1. The Hall–Kier alpha value is -2.79. The zero-order valence-corrected chi connectivity index (χ0v) is 22.4. The Balaban J connectivity index is 1.71. The molecule has 1 aliphatic rings. The number of nitrogens with zero attached hydrogens (tertiary/aromatic N) is 2. The van der Waals surface area contributed by atoms with Crippen LogP contribution in [0.2, 0.25) is 0 Å². The molecule has 0 spiro atoms. The number of ether oxygens (including phenoxy) is 2. The van der Waals surface area contributed by atoms with Crippen molar-refractivity contribution >= 4 is 43.5 Å². The SMILES string of the molecule is CCNC(=O)[C@H](C)N(Cc1ccc(Br)cc1)C(=O)CCCN(c1ccc2c(c1)OCO2)S(C)(=O)=O. The average Bonchev–Trinajstić information content (AvgIpc) is 3.28. The minimum atomic E-state index is -3.60. The van der Waals surface area contributed by atoms with Crippen molar-refractivity contribution in [2.24, 2.45) is 0 Å². The number of hydrogen-bond acceptors (Lipinski definition) is 6. The van der Waals surface area contributed by atoms with Gasteiger partial charge in [0, 0.05) is 36.6 Å². The quantitative estimate of drug-likeness (QED) is 0.446. The Morgan fingerprint density at radius 3 is 2.46 bits per heavy atom. The molecular weight excluding hydrogens is 538 g/mol. The number of hydrogen-bond donors (Lipinski definition) is 1. The molecule has 0 saturated carbocycles. The van der Waals surface area contributed by atoms with Crippen LogP contribution in [0.15, 0.2) is 46.9 Å². The summed E-state index contributed by atoms with van der Waals surface area (Å²) in [6.45, 7) is 4.43. The van der Waals surface area contributed by atoms with Gasteiger partial charge in [0.15, 0.2) is 11.5 Å². The summed E-state index contributed by atoms with van der Waals surface area (Å²) in [6, 6.07) is 11.8. The van der Waals surface area contributed by atoms with Crippen molar-refractivity contribution in [2.75, 3.05) is 30.4 Å². The zero-order valence-electron chi connectivity index (χ0n) is 20.0. The summed E-state index contributed by atoms with van der Waals surface area (Å²) < 4.78 is 37.8. The highest BCUT2D eigenvalue weighted by molar-refractivity contribution is 9.10. The number of anilines is 1. The van der Waals surface area contributed by atoms with Crippen LogP contribution in [0.25, 0.3) is 0 Å². The highest BCUT2D eigenvalue weighted by Gasteiger charge is 2.27. The van der Waals surface area contributed by atoms with Crippen LogP contribution in [-0.2, 0) is 26.2 Å². The number of sulfonamides is 1. The van der Waals surface area contributed by atoms with Gasteiger partial charge in [0.2, 0.25) is 28.6 Å². The van der Waals surface area contributed by atoms with Crippen molar-refractivity contribution in [3.63, 3.8) is 0 Å². The number of nitrogens with one attached hydrogen (secondary N) is 1. The van der Waals surface area contributed by atoms with E-state index in [4.69, 9.17) is 9.47 Å². The van der Waals surface area contributed by atoms with Crippen LogP contribution in [0.1, 0.15) is 32.3 Å². The molecule has 1 N–H and O–H groups in total. The van der Waals surface area contributed by atoms with Gasteiger partial charge in [-0.05, 0) is 50.1 Å². The summed E-state index contributed by atoms with van der Waals surface area (Å²) in [5.41, 5.74) is 1.32. The van der Waals surface area contributed by atoms with Crippen LogP contribution in [0, 0.1) is 0 Å². The maximum Gasteiger partial charge on any atom is 0.242 e. The predicted molar refractivity (Wildman–Crippen MR) is 137 cm³/mol. The van der Waals surface area contributed by atoms with Crippen LogP contribution in [0.5, 0.6) is 11.5 Å². The van der Waals surface area contributed by atoms with Crippen molar-refractivity contribution < 1.29 is 27.5 Å². The second kappa shape index (κ2) is 11.8. The maximum absolute atomic E-state index is 13.2. The highest BCUT2D eigenvalue weighted by atomic mass is 79.9. The molecular formula is C24H30BrN3O6S. The molecule has 190 valence electrons. The number of fused-ring (bicyclic) bond motifs is 1. The van der Waals surface area contributed by atoms with Gasteiger partial charge < -0.3 is 19.7 Å². The van der Waals surface area contributed by atoms with Gasteiger partial charge in [-0.3, -0.25) is 13.9 Å². The topological polar surface area (TPSA) is 105 Å². The lowest BCUT2D eigenvalue weighted by atomic mass is 10.1. The van der Waals surface area contributed by atoms with E-state index in [1.807, 2.05) is 31.2 Å². The molecule has 11 heteroatoms. The monoisotopic (exact) mass is 567 g/mol. The second-order valence-electron chi connectivity index (χ2n) is 8.19. The molecule has 3 rings (SSSR count). The Morgan fingerprint density at radius 2 is 1.80 bits per heavy atom. The third kappa shape index (κ3) is 7.11. The number of carbonyl (C=O) groups is 2. The Bertz CT molecular complexity index is 1160. The molecule has 0 aliphatic carbocycles. The summed E-state index contributed by atoms with van der Waals surface area (Å²) >= 11 is 3.40. The van der Waals surface area contributed by atoms with E-state index in [2.05, 4.69) is 21.2 Å². The van der Waals surface area contributed by atoms with E-state index in [0.717, 1.165) is 16.3 Å². The fourth-order valence-corrected chi connectivity index (χ4v) is 4.96. The van der Waals surface area contributed by atoms with Gasteiger partial charge in [-0.2, -0.15) is 0 Å². The van der Waals surface area contributed by atoms with E-state index in [9.17, 15) is 18.0 Å². The molecule has 9 nitrogen and oxygen atoms in total. The predicted octanol–water partition coefficient (Wildman–Crippen LogP) is 3.28. The summed E-state index contributed by atoms with van der Waals surface area (Å²) in [7, 11) is -3.60. The smallest absolute Gasteiger partial charge is 0.242 e. The molecule has 1 aliphatic heterocycles. The van der Waals surface area contributed by atoms with E-state index in [1.54, 1.807) is 25.1 Å². The van der Waals surface area contributed by atoms with E-state index in [0.29, 0.717) is 23.7 Å². The molecule has 0 radical (unpaired) electrons. The third-order valence-electron chi connectivity index (χ3n) is 5.58. The first-order valence-electron chi connectivity index (χ1n) is 11.3. The molecule has 2 aromatic rings. The van der Waals surface area contributed by atoms with Gasteiger partial charge in [-0.15, -0.1) is 0 Å². The molecule has 35 heavy (non-hydrogen) atoms. The van der Waals surface area contributed by atoms with Crippen LogP contribution in [-0.4, -0.2) is 57.3 Å². The number of benzene rings is 2. The van der Waals surface area contributed by atoms with E-state index in [-0.39, 0.29) is 44.5 Å². The minimum absolute atomic E-state index is 0.0802. The van der Waals surface area contributed by atoms with Gasteiger partial charge in [-0.1, -0.05) is 28.1 Å². The summed E-state index contributed by atoms with van der Waals surface area (Å²) in [4.78, 5) is 27.2. The lowest BCUT2D eigenvalue weighted by Crippen LogP contribution is -2.47. The van der Waals surface area contributed by atoms with Crippen LogP contribution < -0.4 is 19.1 Å². The van der Waals surface area contributed by atoms with Gasteiger partial charge in [-0.25, -0.2) is 8.42 Å². The molecule has 0 unspecified atom stereocenters. The van der Waals surface area contributed by atoms with Gasteiger partial charge in [0.05, 0.1) is 11.9 Å². The average molecular weight is 568 g/mol. The minimum Gasteiger partial charge on any atom is -0.454 e. The van der Waals surface area contributed by atoms with Crippen molar-refractivity contribution in [1.82, 2.24) is 10.2 Å². The van der Waals surface area contributed by atoms with Crippen molar-refractivity contribution in [3.8, 4) is 11.5 Å². The molecule has 0 bridgehead atoms. The van der Waals surface area contributed by atoms with Gasteiger partial charge in [0.1, 0.15) is 6.04 Å². The van der Waals surface area contributed by atoms with Crippen molar-refractivity contribution in [2.45, 2.75) is 39.3 Å². The zero-order chi connectivity index (χ0) is 25.6. The second-order valence-corrected chi connectivity index (χ2v) is 11.0. The van der Waals surface area contributed by atoms with E-state index in [1.165, 1.54) is 9.21 Å². The first-order valence-corrected chi connectivity index (χ1v) is 13.9. The molecule has 1 atom stereocenters. The molecule has 0 saturated heterocycles. The van der Waals surface area contributed by atoms with Gasteiger partial charge >= 0.3 is 0 Å². The lowest BCUT2D eigenvalue weighted by Gasteiger charge is -2.29. The normalized spacial score (nSPS) is 13.3. The first-order chi connectivity index (χ1) is 16.6. The molecule has 2 aromatic carbocycles. The van der Waals surface area contributed by atoms with Crippen molar-refractivity contribution in [1.29, 1.82) is 0 Å². The molecule has 0 aromatic heterocycles. The highest BCUT2D eigenvalue weighted by Crippen LogP contribution is 2.36. The first kappa shape index (κ1) is 26.8. The Labute approximate surface area is 214 Å². The molecule has 1 heterocycles. The summed E-state index contributed by atoms with van der Waals surface area (Å²) in [5, 5.41) is 2.76. The van der Waals surface area contributed by atoms with E-state index < -0.39 is 16.1 Å². The molecule has 0 fully saturated rings.